The Hall–Kier alpha value is -2.84. The molecule has 0 atom stereocenters. The SMILES string of the molecule is CN(C)c1cc(Oc2c(Cl)cc(N3NC=CN=C3N)cc2Cl)c[nH]c1=O. The van der Waals surface area contributed by atoms with Gasteiger partial charge < -0.3 is 20.4 Å². The van der Waals surface area contributed by atoms with Gasteiger partial charge in [-0.3, -0.25) is 10.2 Å². The van der Waals surface area contributed by atoms with Crippen molar-refractivity contribution in [2.75, 3.05) is 24.0 Å². The minimum atomic E-state index is -0.228. The molecule has 10 heteroatoms. The van der Waals surface area contributed by atoms with E-state index in [1.165, 1.54) is 17.4 Å². The van der Waals surface area contributed by atoms with Crippen molar-refractivity contribution in [2.24, 2.45) is 10.7 Å². The van der Waals surface area contributed by atoms with E-state index < -0.39 is 0 Å². The summed E-state index contributed by atoms with van der Waals surface area (Å²) in [4.78, 5) is 20.1. The average Bonchev–Trinajstić information content (AvgIpc) is 2.59. The molecule has 2 heterocycles. The minimum Gasteiger partial charge on any atom is -0.453 e. The summed E-state index contributed by atoms with van der Waals surface area (Å²) >= 11 is 12.7. The van der Waals surface area contributed by atoms with Crippen molar-refractivity contribution < 1.29 is 4.74 Å². The fraction of sp³-hybridized carbons (Fsp3) is 0.125. The Bertz CT molecular complexity index is 931. The van der Waals surface area contributed by atoms with E-state index in [-0.39, 0.29) is 27.3 Å². The third kappa shape index (κ3) is 3.56. The molecule has 4 N–H and O–H groups in total. The number of pyridine rings is 1. The summed E-state index contributed by atoms with van der Waals surface area (Å²) in [5.74, 6) is 0.895. The molecular weight excluding hydrogens is 379 g/mol. The van der Waals surface area contributed by atoms with Gasteiger partial charge in [-0.25, -0.2) is 10.0 Å². The molecule has 0 saturated carbocycles. The molecule has 0 bridgehead atoms. The molecule has 1 aromatic carbocycles. The zero-order chi connectivity index (χ0) is 18.8. The van der Waals surface area contributed by atoms with E-state index in [1.54, 1.807) is 43.4 Å². The molecule has 0 aliphatic carbocycles. The summed E-state index contributed by atoms with van der Waals surface area (Å²) in [5.41, 5.74) is 9.57. The summed E-state index contributed by atoms with van der Waals surface area (Å²) in [6, 6.07) is 4.87. The highest BCUT2D eigenvalue weighted by molar-refractivity contribution is 6.37. The lowest BCUT2D eigenvalue weighted by Crippen LogP contribution is -2.46. The van der Waals surface area contributed by atoms with Gasteiger partial charge in [0, 0.05) is 38.8 Å². The molecule has 0 spiro atoms. The zero-order valence-electron chi connectivity index (χ0n) is 14.0. The number of nitrogens with one attached hydrogen (secondary N) is 2. The number of H-pyrrole nitrogens is 1. The first kappa shape index (κ1) is 18.0. The topological polar surface area (TPSA) is 99.0 Å². The number of halogens is 2. The number of aliphatic imine (C=N–C) groups is 1. The molecule has 1 aliphatic heterocycles. The van der Waals surface area contributed by atoms with Gasteiger partial charge in [0.1, 0.15) is 11.4 Å². The Morgan fingerprint density at radius 1 is 1.23 bits per heavy atom. The molecule has 2 aromatic rings. The van der Waals surface area contributed by atoms with E-state index >= 15 is 0 Å². The number of nitrogens with two attached hydrogens (primary N) is 1. The lowest BCUT2D eigenvalue weighted by atomic mass is 10.3. The van der Waals surface area contributed by atoms with Gasteiger partial charge in [0.2, 0.25) is 5.96 Å². The predicted octanol–water partition coefficient (Wildman–Crippen LogP) is 2.65. The van der Waals surface area contributed by atoms with Gasteiger partial charge in [-0.05, 0) is 12.1 Å². The van der Waals surface area contributed by atoms with Gasteiger partial charge in [-0.1, -0.05) is 23.2 Å². The number of hydrogen-bond donors (Lipinski definition) is 3. The number of hydrazine groups is 1. The predicted molar refractivity (Wildman–Crippen MR) is 104 cm³/mol. The van der Waals surface area contributed by atoms with Crippen LogP contribution in [0.25, 0.3) is 0 Å². The zero-order valence-corrected chi connectivity index (χ0v) is 15.5. The Kier molecular flexibility index (Phi) is 4.97. The molecule has 1 aliphatic rings. The van der Waals surface area contributed by atoms with Crippen LogP contribution in [0.5, 0.6) is 11.5 Å². The van der Waals surface area contributed by atoms with Crippen molar-refractivity contribution in [1.82, 2.24) is 10.4 Å². The first-order chi connectivity index (χ1) is 12.4. The number of aromatic nitrogens is 1. The lowest BCUT2D eigenvalue weighted by molar-refractivity contribution is 0.480. The van der Waals surface area contributed by atoms with E-state index in [0.29, 0.717) is 17.1 Å². The Labute approximate surface area is 159 Å². The molecule has 0 amide bonds. The van der Waals surface area contributed by atoms with Crippen LogP contribution in [-0.2, 0) is 0 Å². The molecule has 0 radical (unpaired) electrons. The van der Waals surface area contributed by atoms with Crippen LogP contribution in [0.4, 0.5) is 11.4 Å². The van der Waals surface area contributed by atoms with Gasteiger partial charge >= 0.3 is 0 Å². The van der Waals surface area contributed by atoms with Crippen LogP contribution in [0.2, 0.25) is 10.0 Å². The molecule has 0 unspecified atom stereocenters. The maximum atomic E-state index is 11.8. The number of guanidine groups is 1. The summed E-state index contributed by atoms with van der Waals surface area (Å²) in [5, 5.41) is 2.06. The van der Waals surface area contributed by atoms with E-state index in [9.17, 15) is 4.79 Å². The van der Waals surface area contributed by atoms with Crippen LogP contribution in [-0.4, -0.2) is 25.0 Å². The molecule has 136 valence electrons. The molecule has 8 nitrogen and oxygen atoms in total. The van der Waals surface area contributed by atoms with Gasteiger partial charge in [0.15, 0.2) is 5.75 Å². The second kappa shape index (κ2) is 7.19. The van der Waals surface area contributed by atoms with Gasteiger partial charge in [0.05, 0.1) is 15.7 Å². The Morgan fingerprint density at radius 3 is 2.54 bits per heavy atom. The van der Waals surface area contributed by atoms with Crippen molar-refractivity contribution >= 4 is 40.5 Å². The second-order valence-electron chi connectivity index (χ2n) is 5.55. The number of anilines is 2. The number of aromatic amines is 1. The van der Waals surface area contributed by atoms with Crippen LogP contribution in [0, 0.1) is 0 Å². The van der Waals surface area contributed by atoms with Crippen molar-refractivity contribution in [2.45, 2.75) is 0 Å². The number of benzene rings is 1. The van der Waals surface area contributed by atoms with Crippen molar-refractivity contribution in [3.63, 3.8) is 0 Å². The monoisotopic (exact) mass is 394 g/mol. The molecule has 26 heavy (non-hydrogen) atoms. The number of rotatable bonds is 4. The smallest absolute Gasteiger partial charge is 0.271 e. The first-order valence-corrected chi connectivity index (χ1v) is 8.24. The third-order valence-corrected chi connectivity index (χ3v) is 4.08. The normalized spacial score (nSPS) is 13.2. The largest absolute Gasteiger partial charge is 0.453 e. The maximum absolute atomic E-state index is 11.8. The third-order valence-electron chi connectivity index (χ3n) is 3.51. The lowest BCUT2D eigenvalue weighted by Gasteiger charge is -2.25. The fourth-order valence-electron chi connectivity index (χ4n) is 2.29. The van der Waals surface area contributed by atoms with Crippen molar-refractivity contribution in [3.8, 4) is 11.5 Å². The van der Waals surface area contributed by atoms with Gasteiger partial charge in [-0.15, -0.1) is 0 Å². The first-order valence-electron chi connectivity index (χ1n) is 7.48. The van der Waals surface area contributed by atoms with Crippen LogP contribution < -0.4 is 31.4 Å². The molecule has 0 saturated heterocycles. The van der Waals surface area contributed by atoms with E-state index in [1.807, 2.05) is 0 Å². The van der Waals surface area contributed by atoms with Crippen LogP contribution in [0.3, 0.4) is 0 Å². The molecule has 3 rings (SSSR count). The molecule has 0 fully saturated rings. The summed E-state index contributed by atoms with van der Waals surface area (Å²) in [7, 11) is 3.52. The summed E-state index contributed by atoms with van der Waals surface area (Å²) < 4.78 is 5.78. The highest BCUT2D eigenvalue weighted by Crippen LogP contribution is 2.39. The van der Waals surface area contributed by atoms with Crippen LogP contribution in [0.15, 0.2) is 46.6 Å². The summed E-state index contributed by atoms with van der Waals surface area (Å²) in [6.45, 7) is 0. The second-order valence-corrected chi connectivity index (χ2v) is 6.37. The van der Waals surface area contributed by atoms with Gasteiger partial charge in [0.25, 0.3) is 5.56 Å². The van der Waals surface area contributed by atoms with Crippen LogP contribution >= 0.6 is 23.2 Å². The van der Waals surface area contributed by atoms with Crippen LogP contribution in [0.1, 0.15) is 0 Å². The Morgan fingerprint density at radius 2 is 1.92 bits per heavy atom. The van der Waals surface area contributed by atoms with Crippen molar-refractivity contribution in [1.29, 1.82) is 0 Å². The Balaban J connectivity index is 1.92. The van der Waals surface area contributed by atoms with E-state index in [2.05, 4.69) is 15.4 Å². The number of nitrogens with zero attached hydrogens (tertiary/aromatic N) is 3. The average molecular weight is 395 g/mol. The number of ether oxygens (including phenoxy) is 1. The maximum Gasteiger partial charge on any atom is 0.271 e. The van der Waals surface area contributed by atoms with Crippen molar-refractivity contribution in [3.05, 3.63) is 57.2 Å². The van der Waals surface area contributed by atoms with E-state index in [0.717, 1.165) is 0 Å². The minimum absolute atomic E-state index is 0.228. The fourth-order valence-corrected chi connectivity index (χ4v) is 2.84. The number of hydrogen-bond acceptors (Lipinski definition) is 7. The molecular formula is C16H16Cl2N6O2. The van der Waals surface area contributed by atoms with E-state index in [4.69, 9.17) is 33.7 Å². The molecule has 1 aromatic heterocycles. The quantitative estimate of drug-likeness (QED) is 0.736. The highest BCUT2D eigenvalue weighted by Gasteiger charge is 2.18. The standard InChI is InChI=1S/C16H16Cl2N6O2/c1-23(2)13-7-10(8-21-15(13)25)26-14-11(17)5-9(6-12(14)18)24-16(19)20-3-4-22-24/h3-8,22H,1-2H3,(H2,19,20)(H,21,25). The summed E-state index contributed by atoms with van der Waals surface area (Å²) in [6.07, 6.45) is 4.59. The van der Waals surface area contributed by atoms with Gasteiger partial charge in [-0.2, -0.15) is 0 Å². The highest BCUT2D eigenvalue weighted by atomic mass is 35.5.